The second kappa shape index (κ2) is 10.4. The van der Waals surface area contributed by atoms with Gasteiger partial charge in [-0.1, -0.05) is 12.1 Å². The lowest BCUT2D eigenvalue weighted by molar-refractivity contribution is -1.01. The number of ether oxygens (including phenoxy) is 1. The summed E-state index contributed by atoms with van der Waals surface area (Å²) in [5.74, 6) is 0.672. The Kier molecular flexibility index (Phi) is 7.61. The molecule has 6 heteroatoms. The molecule has 5 nitrogen and oxygen atoms in total. The molecule has 1 heterocycles. The summed E-state index contributed by atoms with van der Waals surface area (Å²) >= 11 is 0. The van der Waals surface area contributed by atoms with Gasteiger partial charge in [0.05, 0.1) is 13.2 Å². The Morgan fingerprint density at radius 2 is 1.72 bits per heavy atom. The van der Waals surface area contributed by atoms with Crippen molar-refractivity contribution < 1.29 is 23.7 Å². The molecule has 0 spiro atoms. The SMILES string of the molecule is Cc1ccc(C)c(OCCC[NH+]2CC[NH+](CC(=O)Nc3ccc(F)cc3)CC2)c1. The zero-order valence-corrected chi connectivity index (χ0v) is 17.4. The predicted molar refractivity (Wildman–Crippen MR) is 112 cm³/mol. The lowest BCUT2D eigenvalue weighted by Gasteiger charge is -2.29. The van der Waals surface area contributed by atoms with Gasteiger partial charge in [-0.25, -0.2) is 4.39 Å². The molecule has 0 bridgehead atoms. The number of rotatable bonds is 8. The van der Waals surface area contributed by atoms with Crippen LogP contribution >= 0.6 is 0 Å². The standard InChI is InChI=1S/C23H30FN3O2/c1-18-4-5-19(2)22(16-18)29-15-3-10-26-11-13-27(14-12-26)17-23(28)25-21-8-6-20(24)7-9-21/h4-9,16H,3,10-15,17H2,1-2H3,(H,25,28)/p+2. The maximum absolute atomic E-state index is 12.9. The Balaban J connectivity index is 1.31. The first-order valence-electron chi connectivity index (χ1n) is 10.4. The van der Waals surface area contributed by atoms with Crippen LogP contribution in [0.3, 0.4) is 0 Å². The minimum absolute atomic E-state index is 0.0167. The molecule has 1 aliphatic rings. The Labute approximate surface area is 172 Å². The van der Waals surface area contributed by atoms with Gasteiger partial charge in [0.15, 0.2) is 6.54 Å². The minimum Gasteiger partial charge on any atom is -0.493 e. The molecule has 3 N–H and O–H groups in total. The van der Waals surface area contributed by atoms with Gasteiger partial charge in [-0.3, -0.25) is 4.79 Å². The summed E-state index contributed by atoms with van der Waals surface area (Å²) < 4.78 is 18.9. The van der Waals surface area contributed by atoms with Gasteiger partial charge in [-0.15, -0.1) is 0 Å². The molecule has 2 aromatic rings. The molecule has 1 fully saturated rings. The molecule has 156 valence electrons. The number of aryl methyl sites for hydroxylation is 2. The van der Waals surface area contributed by atoms with E-state index >= 15 is 0 Å². The van der Waals surface area contributed by atoms with Crippen LogP contribution in [0.2, 0.25) is 0 Å². The zero-order chi connectivity index (χ0) is 20.6. The number of amides is 1. The summed E-state index contributed by atoms with van der Waals surface area (Å²) in [6.07, 6.45) is 1.03. The lowest BCUT2D eigenvalue weighted by atomic mass is 10.1. The van der Waals surface area contributed by atoms with E-state index in [9.17, 15) is 9.18 Å². The highest BCUT2D eigenvalue weighted by atomic mass is 19.1. The van der Waals surface area contributed by atoms with E-state index in [1.807, 2.05) is 0 Å². The molecule has 1 saturated heterocycles. The molecule has 0 aromatic heterocycles. The average molecular weight is 402 g/mol. The van der Waals surface area contributed by atoms with Crippen molar-refractivity contribution in [2.75, 3.05) is 51.2 Å². The van der Waals surface area contributed by atoms with Gasteiger partial charge in [0.1, 0.15) is 37.7 Å². The van der Waals surface area contributed by atoms with Crippen molar-refractivity contribution >= 4 is 11.6 Å². The van der Waals surface area contributed by atoms with E-state index in [4.69, 9.17) is 4.74 Å². The number of halogens is 1. The van der Waals surface area contributed by atoms with Gasteiger partial charge in [0.25, 0.3) is 5.91 Å². The number of piperazine rings is 1. The van der Waals surface area contributed by atoms with Crippen LogP contribution in [0.5, 0.6) is 5.75 Å². The van der Waals surface area contributed by atoms with Crippen molar-refractivity contribution in [3.8, 4) is 5.75 Å². The van der Waals surface area contributed by atoms with Gasteiger partial charge in [0.2, 0.25) is 0 Å². The summed E-state index contributed by atoms with van der Waals surface area (Å²) in [7, 11) is 0. The van der Waals surface area contributed by atoms with E-state index in [-0.39, 0.29) is 11.7 Å². The number of anilines is 1. The number of carbonyl (C=O) groups excluding carboxylic acids is 1. The Hall–Kier alpha value is -2.44. The van der Waals surface area contributed by atoms with Crippen molar-refractivity contribution in [1.29, 1.82) is 0 Å². The fourth-order valence-corrected chi connectivity index (χ4v) is 3.72. The summed E-state index contributed by atoms with van der Waals surface area (Å²) in [5.41, 5.74) is 3.04. The van der Waals surface area contributed by atoms with Crippen molar-refractivity contribution in [3.05, 3.63) is 59.4 Å². The Morgan fingerprint density at radius 1 is 1.03 bits per heavy atom. The monoisotopic (exact) mass is 401 g/mol. The van der Waals surface area contributed by atoms with E-state index in [1.165, 1.54) is 28.2 Å². The van der Waals surface area contributed by atoms with Crippen molar-refractivity contribution in [3.63, 3.8) is 0 Å². The number of carbonyl (C=O) groups is 1. The summed E-state index contributed by atoms with van der Waals surface area (Å²) in [5, 5.41) is 2.84. The van der Waals surface area contributed by atoms with Gasteiger partial charge in [-0.05, 0) is 55.3 Å². The van der Waals surface area contributed by atoms with Gasteiger partial charge in [-0.2, -0.15) is 0 Å². The van der Waals surface area contributed by atoms with E-state index in [0.29, 0.717) is 12.2 Å². The molecule has 29 heavy (non-hydrogen) atoms. The molecule has 0 saturated carbocycles. The molecule has 0 radical (unpaired) electrons. The van der Waals surface area contributed by atoms with E-state index in [2.05, 4.69) is 37.4 Å². The molecule has 0 aliphatic carbocycles. The molecule has 2 aromatic carbocycles. The largest absolute Gasteiger partial charge is 0.493 e. The van der Waals surface area contributed by atoms with Crippen LogP contribution in [0.1, 0.15) is 17.5 Å². The number of quaternary nitrogens is 2. The minimum atomic E-state index is -0.299. The third kappa shape index (κ3) is 6.84. The molecule has 1 aliphatic heterocycles. The van der Waals surface area contributed by atoms with E-state index in [1.54, 1.807) is 17.0 Å². The number of hydrogen-bond acceptors (Lipinski definition) is 2. The maximum atomic E-state index is 12.9. The first-order chi connectivity index (χ1) is 14.0. The summed E-state index contributed by atoms with van der Waals surface area (Å²) in [6.45, 7) is 10.6. The smallest absolute Gasteiger partial charge is 0.279 e. The molecular formula is C23H32FN3O2+2. The van der Waals surface area contributed by atoms with E-state index in [0.717, 1.165) is 51.5 Å². The van der Waals surface area contributed by atoms with Crippen LogP contribution in [-0.4, -0.2) is 51.8 Å². The summed E-state index contributed by atoms with van der Waals surface area (Å²) in [4.78, 5) is 15.1. The topological polar surface area (TPSA) is 47.2 Å². The first-order valence-corrected chi connectivity index (χ1v) is 10.4. The highest BCUT2D eigenvalue weighted by molar-refractivity contribution is 5.91. The fraction of sp³-hybridized carbons (Fsp3) is 0.435. The van der Waals surface area contributed by atoms with Crippen molar-refractivity contribution in [2.45, 2.75) is 20.3 Å². The number of nitrogens with one attached hydrogen (secondary N) is 3. The second-order valence-corrected chi connectivity index (χ2v) is 7.95. The van der Waals surface area contributed by atoms with Crippen LogP contribution in [-0.2, 0) is 4.79 Å². The molecule has 0 atom stereocenters. The third-order valence-electron chi connectivity index (χ3n) is 5.48. The predicted octanol–water partition coefficient (Wildman–Crippen LogP) is 0.634. The first kappa shape index (κ1) is 21.3. The van der Waals surface area contributed by atoms with Gasteiger partial charge >= 0.3 is 0 Å². The van der Waals surface area contributed by atoms with Crippen LogP contribution < -0.4 is 19.9 Å². The van der Waals surface area contributed by atoms with Crippen molar-refractivity contribution in [1.82, 2.24) is 0 Å². The third-order valence-corrected chi connectivity index (χ3v) is 5.48. The van der Waals surface area contributed by atoms with Gasteiger partial charge < -0.3 is 19.9 Å². The molecule has 3 rings (SSSR count). The summed E-state index contributed by atoms with van der Waals surface area (Å²) in [6, 6.07) is 12.2. The van der Waals surface area contributed by atoms with Crippen LogP contribution in [0, 0.1) is 19.7 Å². The number of benzene rings is 2. The van der Waals surface area contributed by atoms with Crippen LogP contribution in [0.4, 0.5) is 10.1 Å². The maximum Gasteiger partial charge on any atom is 0.279 e. The number of hydrogen-bond donors (Lipinski definition) is 3. The van der Waals surface area contributed by atoms with Crippen LogP contribution in [0.15, 0.2) is 42.5 Å². The quantitative estimate of drug-likeness (QED) is 0.569. The van der Waals surface area contributed by atoms with Gasteiger partial charge in [0, 0.05) is 12.1 Å². The molecular weight excluding hydrogens is 369 g/mol. The average Bonchev–Trinajstić information content (AvgIpc) is 2.71. The highest BCUT2D eigenvalue weighted by Gasteiger charge is 2.24. The van der Waals surface area contributed by atoms with Crippen LogP contribution in [0.25, 0.3) is 0 Å². The second-order valence-electron chi connectivity index (χ2n) is 7.95. The Morgan fingerprint density at radius 3 is 2.45 bits per heavy atom. The normalized spacial score (nSPS) is 19.0. The fourth-order valence-electron chi connectivity index (χ4n) is 3.72. The Bertz CT molecular complexity index is 802. The molecule has 0 unspecified atom stereocenters. The van der Waals surface area contributed by atoms with Crippen molar-refractivity contribution in [2.24, 2.45) is 0 Å². The molecule has 1 amide bonds. The highest BCUT2D eigenvalue weighted by Crippen LogP contribution is 2.18. The lowest BCUT2D eigenvalue weighted by Crippen LogP contribution is -3.28. The zero-order valence-electron chi connectivity index (χ0n) is 17.4. The van der Waals surface area contributed by atoms with E-state index < -0.39 is 0 Å².